The minimum absolute atomic E-state index is 0.161. The van der Waals surface area contributed by atoms with E-state index < -0.39 is 5.41 Å². The first-order chi connectivity index (χ1) is 6.11. The highest BCUT2D eigenvalue weighted by atomic mass is 127. The maximum Gasteiger partial charge on any atom is 0.146 e. The van der Waals surface area contributed by atoms with Gasteiger partial charge in [0.2, 0.25) is 0 Å². The summed E-state index contributed by atoms with van der Waals surface area (Å²) in [5, 5.41) is 0. The van der Waals surface area contributed by atoms with Crippen molar-refractivity contribution in [3.05, 3.63) is 0 Å². The minimum Gasteiger partial charge on any atom is -0.299 e. The van der Waals surface area contributed by atoms with Crippen molar-refractivity contribution < 1.29 is 9.59 Å². The Morgan fingerprint density at radius 2 is 1.85 bits per heavy atom. The Labute approximate surface area is 92.6 Å². The quantitative estimate of drug-likeness (QED) is 0.455. The fourth-order valence-electron chi connectivity index (χ4n) is 1.82. The number of halogens is 1. The summed E-state index contributed by atoms with van der Waals surface area (Å²) in [6.07, 6.45) is 3.67. The molecule has 0 heterocycles. The maximum absolute atomic E-state index is 11.6. The molecule has 0 radical (unpaired) electrons. The Morgan fingerprint density at radius 3 is 2.31 bits per heavy atom. The molecule has 0 atom stereocenters. The van der Waals surface area contributed by atoms with Gasteiger partial charge in [-0.1, -0.05) is 22.6 Å². The third kappa shape index (κ3) is 2.30. The van der Waals surface area contributed by atoms with Crippen molar-refractivity contribution >= 4 is 34.2 Å². The van der Waals surface area contributed by atoms with E-state index in [1.165, 1.54) is 0 Å². The number of hydrogen-bond donors (Lipinski definition) is 0. The molecule has 1 aliphatic rings. The van der Waals surface area contributed by atoms with Crippen LogP contribution < -0.4 is 0 Å². The third-order valence-corrected chi connectivity index (χ3v) is 3.61. The Kier molecular flexibility index (Phi) is 3.88. The molecule has 74 valence electrons. The zero-order chi connectivity index (χ0) is 9.90. The van der Waals surface area contributed by atoms with Crippen molar-refractivity contribution in [1.29, 1.82) is 0 Å². The van der Waals surface area contributed by atoms with E-state index in [2.05, 4.69) is 22.6 Å². The monoisotopic (exact) mass is 294 g/mol. The number of alkyl halides is 1. The zero-order valence-electron chi connectivity index (χ0n) is 7.94. The van der Waals surface area contributed by atoms with Crippen LogP contribution in [0.2, 0.25) is 0 Å². The van der Waals surface area contributed by atoms with Gasteiger partial charge in [-0.25, -0.2) is 0 Å². The molecule has 0 saturated heterocycles. The van der Waals surface area contributed by atoms with Gasteiger partial charge in [0.15, 0.2) is 0 Å². The van der Waals surface area contributed by atoms with Crippen LogP contribution in [0, 0.1) is 5.41 Å². The summed E-state index contributed by atoms with van der Waals surface area (Å²) in [6, 6.07) is 0. The van der Waals surface area contributed by atoms with Crippen molar-refractivity contribution in [3.63, 3.8) is 0 Å². The van der Waals surface area contributed by atoms with Gasteiger partial charge in [0, 0.05) is 12.8 Å². The second-order valence-electron chi connectivity index (χ2n) is 3.82. The molecule has 0 bridgehead atoms. The molecule has 0 aromatic carbocycles. The molecule has 1 aliphatic carbocycles. The second kappa shape index (κ2) is 4.53. The van der Waals surface area contributed by atoms with E-state index in [1.54, 1.807) is 0 Å². The van der Waals surface area contributed by atoms with Crippen LogP contribution >= 0.6 is 22.6 Å². The van der Waals surface area contributed by atoms with Crippen LogP contribution in [0.15, 0.2) is 0 Å². The zero-order valence-corrected chi connectivity index (χ0v) is 10.1. The highest BCUT2D eigenvalue weighted by molar-refractivity contribution is 14.1. The number of hydrogen-bond acceptors (Lipinski definition) is 2. The average Bonchev–Trinajstić information content (AvgIpc) is 2.11. The summed E-state index contributed by atoms with van der Waals surface area (Å²) in [6.45, 7) is 1.82. The highest BCUT2D eigenvalue weighted by Gasteiger charge is 2.41. The standard InChI is InChI=1S/C10H15IO2/c1-10(6-3-7-11)8(12)4-2-5-9(10)13/h2-7H2,1H3. The molecule has 1 saturated carbocycles. The molecule has 0 aromatic heterocycles. The van der Waals surface area contributed by atoms with E-state index in [1.807, 2.05) is 6.92 Å². The van der Waals surface area contributed by atoms with Crippen LogP contribution in [0.3, 0.4) is 0 Å². The molecule has 0 unspecified atom stereocenters. The lowest BCUT2D eigenvalue weighted by Crippen LogP contribution is -2.39. The first kappa shape index (κ1) is 11.1. The van der Waals surface area contributed by atoms with Gasteiger partial charge in [-0.15, -0.1) is 0 Å². The molecule has 0 N–H and O–H groups in total. The molecule has 3 heteroatoms. The first-order valence-electron chi connectivity index (χ1n) is 4.74. The number of Topliss-reactive ketones (excluding diaryl/α,β-unsaturated/α-hetero) is 2. The molecule has 1 rings (SSSR count). The van der Waals surface area contributed by atoms with Gasteiger partial charge < -0.3 is 0 Å². The Hall–Kier alpha value is 0.0700. The van der Waals surface area contributed by atoms with E-state index in [4.69, 9.17) is 0 Å². The van der Waals surface area contributed by atoms with Gasteiger partial charge in [0.25, 0.3) is 0 Å². The van der Waals surface area contributed by atoms with E-state index >= 15 is 0 Å². The second-order valence-corrected chi connectivity index (χ2v) is 4.90. The molecule has 0 aliphatic heterocycles. The predicted octanol–water partition coefficient (Wildman–Crippen LogP) is 2.53. The fourth-order valence-corrected chi connectivity index (χ4v) is 2.20. The average molecular weight is 294 g/mol. The van der Waals surface area contributed by atoms with Gasteiger partial charge in [-0.3, -0.25) is 9.59 Å². The maximum atomic E-state index is 11.6. The van der Waals surface area contributed by atoms with E-state index in [9.17, 15) is 9.59 Å². The lowest BCUT2D eigenvalue weighted by molar-refractivity contribution is -0.143. The van der Waals surface area contributed by atoms with Gasteiger partial charge >= 0.3 is 0 Å². The summed E-state index contributed by atoms with van der Waals surface area (Å²) < 4.78 is 1.02. The smallest absolute Gasteiger partial charge is 0.146 e. The molecule has 0 spiro atoms. The van der Waals surface area contributed by atoms with Gasteiger partial charge in [0.1, 0.15) is 11.6 Å². The van der Waals surface area contributed by atoms with Crippen molar-refractivity contribution in [2.24, 2.45) is 5.41 Å². The summed E-state index contributed by atoms with van der Waals surface area (Å²) in [5.74, 6) is 0.321. The van der Waals surface area contributed by atoms with Crippen LogP contribution in [-0.2, 0) is 9.59 Å². The van der Waals surface area contributed by atoms with Crippen molar-refractivity contribution in [2.75, 3.05) is 4.43 Å². The Bertz CT molecular complexity index is 207. The van der Waals surface area contributed by atoms with E-state index in [-0.39, 0.29) is 11.6 Å². The molecular formula is C10H15IO2. The highest BCUT2D eigenvalue weighted by Crippen LogP contribution is 2.34. The summed E-state index contributed by atoms with van der Waals surface area (Å²) in [4.78, 5) is 23.2. The number of ketones is 2. The summed E-state index contributed by atoms with van der Waals surface area (Å²) >= 11 is 2.28. The minimum atomic E-state index is -0.635. The van der Waals surface area contributed by atoms with E-state index in [0.29, 0.717) is 12.8 Å². The van der Waals surface area contributed by atoms with Crippen molar-refractivity contribution in [1.82, 2.24) is 0 Å². The van der Waals surface area contributed by atoms with Gasteiger partial charge in [-0.2, -0.15) is 0 Å². The van der Waals surface area contributed by atoms with Gasteiger partial charge in [-0.05, 0) is 30.6 Å². The Balaban J connectivity index is 2.69. The van der Waals surface area contributed by atoms with E-state index in [0.717, 1.165) is 23.7 Å². The largest absolute Gasteiger partial charge is 0.299 e. The normalized spacial score (nSPS) is 22.0. The Morgan fingerprint density at radius 1 is 1.31 bits per heavy atom. The fraction of sp³-hybridized carbons (Fsp3) is 0.800. The summed E-state index contributed by atoms with van der Waals surface area (Å²) in [7, 11) is 0. The number of carbonyl (C=O) groups is 2. The molecular weight excluding hydrogens is 279 g/mol. The van der Waals surface area contributed by atoms with Crippen LogP contribution in [0.5, 0.6) is 0 Å². The number of carbonyl (C=O) groups excluding carboxylic acids is 2. The third-order valence-electron chi connectivity index (χ3n) is 2.85. The van der Waals surface area contributed by atoms with Crippen molar-refractivity contribution in [2.45, 2.75) is 39.0 Å². The van der Waals surface area contributed by atoms with Crippen molar-refractivity contribution in [3.8, 4) is 0 Å². The lowest BCUT2D eigenvalue weighted by atomic mass is 9.71. The van der Waals surface area contributed by atoms with Gasteiger partial charge in [0.05, 0.1) is 5.41 Å². The molecule has 13 heavy (non-hydrogen) atoms. The molecule has 0 amide bonds. The van der Waals surface area contributed by atoms with Crippen LogP contribution in [0.1, 0.15) is 39.0 Å². The molecule has 0 aromatic rings. The lowest BCUT2D eigenvalue weighted by Gasteiger charge is -2.30. The van der Waals surface area contributed by atoms with Crippen LogP contribution in [0.25, 0.3) is 0 Å². The first-order valence-corrected chi connectivity index (χ1v) is 6.26. The van der Waals surface area contributed by atoms with Crippen LogP contribution in [0.4, 0.5) is 0 Å². The molecule has 2 nitrogen and oxygen atoms in total. The predicted molar refractivity (Wildman–Crippen MR) is 60.1 cm³/mol. The SMILES string of the molecule is CC1(CCCI)C(=O)CCCC1=O. The topological polar surface area (TPSA) is 34.1 Å². The summed E-state index contributed by atoms with van der Waals surface area (Å²) in [5.41, 5.74) is -0.635. The number of rotatable bonds is 3. The van der Waals surface area contributed by atoms with Crippen LogP contribution in [-0.4, -0.2) is 16.0 Å². The molecule has 1 fully saturated rings.